The Hall–Kier alpha value is -1.47. The summed E-state index contributed by atoms with van der Waals surface area (Å²) in [4.78, 5) is 11.9. The molecule has 0 spiro atoms. The van der Waals surface area contributed by atoms with Crippen LogP contribution in [-0.4, -0.2) is 28.4 Å². The van der Waals surface area contributed by atoms with Gasteiger partial charge in [0.25, 0.3) is 0 Å². The first-order valence-corrected chi connectivity index (χ1v) is 8.79. The van der Waals surface area contributed by atoms with Crippen LogP contribution < -0.4 is 5.32 Å². The number of rotatable bonds is 7. The minimum Gasteiger partial charge on any atom is -0.356 e. The van der Waals surface area contributed by atoms with E-state index in [1.165, 1.54) is 12.1 Å². The highest BCUT2D eigenvalue weighted by Gasteiger charge is 2.06. The van der Waals surface area contributed by atoms with Gasteiger partial charge in [0, 0.05) is 12.3 Å². The van der Waals surface area contributed by atoms with Crippen LogP contribution in [0.5, 0.6) is 0 Å². The van der Waals surface area contributed by atoms with Crippen molar-refractivity contribution in [3.63, 3.8) is 0 Å². The van der Waals surface area contributed by atoms with Crippen molar-refractivity contribution in [2.45, 2.75) is 31.0 Å². The number of nitrogens with one attached hydrogen (secondary N) is 1. The number of hydrogen-bond donors (Lipinski definition) is 1. The number of thioether (sulfide) groups is 1. The van der Waals surface area contributed by atoms with Gasteiger partial charge in [-0.1, -0.05) is 29.2 Å². The van der Waals surface area contributed by atoms with E-state index >= 15 is 0 Å². The summed E-state index contributed by atoms with van der Waals surface area (Å²) in [5.74, 6) is 0.585. The van der Waals surface area contributed by atoms with Gasteiger partial charge in [-0.25, -0.2) is 4.39 Å². The van der Waals surface area contributed by atoms with E-state index in [9.17, 15) is 9.18 Å². The Balaban J connectivity index is 1.65. The molecular formula is C15H18FN3OS2. The molecule has 0 saturated carbocycles. The van der Waals surface area contributed by atoms with Crippen LogP contribution in [0.25, 0.3) is 0 Å². The molecular weight excluding hydrogens is 321 g/mol. The van der Waals surface area contributed by atoms with E-state index in [4.69, 9.17) is 0 Å². The molecule has 7 heteroatoms. The normalized spacial score (nSPS) is 10.7. The predicted octanol–water partition coefficient (Wildman–Crippen LogP) is 3.14. The number of carbonyl (C=O) groups is 1. The molecule has 1 N–H and O–H groups in total. The molecule has 4 nitrogen and oxygen atoms in total. The Morgan fingerprint density at radius 3 is 2.86 bits per heavy atom. The van der Waals surface area contributed by atoms with Gasteiger partial charge >= 0.3 is 0 Å². The van der Waals surface area contributed by atoms with E-state index in [0.717, 1.165) is 32.6 Å². The SMILES string of the molecule is Cc1nnc(SCCCNC(=O)Cc2ccc(F)cc2C)s1. The summed E-state index contributed by atoms with van der Waals surface area (Å²) >= 11 is 3.23. The number of aryl methyl sites for hydroxylation is 2. The van der Waals surface area contributed by atoms with Crippen LogP contribution >= 0.6 is 23.1 Å². The maximum Gasteiger partial charge on any atom is 0.224 e. The van der Waals surface area contributed by atoms with Gasteiger partial charge in [0.05, 0.1) is 6.42 Å². The van der Waals surface area contributed by atoms with E-state index in [1.807, 2.05) is 13.8 Å². The van der Waals surface area contributed by atoms with Gasteiger partial charge in [0.2, 0.25) is 5.91 Å². The molecule has 1 heterocycles. The monoisotopic (exact) mass is 339 g/mol. The minimum absolute atomic E-state index is 0.0357. The zero-order valence-corrected chi connectivity index (χ0v) is 14.2. The second-order valence-corrected chi connectivity index (χ2v) is 7.41. The maximum absolute atomic E-state index is 13.0. The lowest BCUT2D eigenvalue weighted by Crippen LogP contribution is -2.26. The standard InChI is InChI=1S/C15H18FN3OS2/c1-10-8-13(16)5-4-12(10)9-14(20)17-6-3-7-21-15-19-18-11(2)22-15/h4-5,8H,3,6-7,9H2,1-2H3,(H,17,20). The average molecular weight is 339 g/mol. The highest BCUT2D eigenvalue weighted by molar-refractivity contribution is 8.01. The number of amides is 1. The molecule has 2 aromatic rings. The lowest BCUT2D eigenvalue weighted by molar-refractivity contribution is -0.120. The first kappa shape index (κ1) is 16.9. The number of benzene rings is 1. The third kappa shape index (κ3) is 5.38. The van der Waals surface area contributed by atoms with E-state index in [2.05, 4.69) is 15.5 Å². The van der Waals surface area contributed by atoms with E-state index in [0.29, 0.717) is 6.54 Å². The van der Waals surface area contributed by atoms with Gasteiger partial charge in [-0.3, -0.25) is 4.79 Å². The van der Waals surface area contributed by atoms with Crippen molar-refractivity contribution in [2.24, 2.45) is 0 Å². The topological polar surface area (TPSA) is 54.9 Å². The van der Waals surface area contributed by atoms with Crippen molar-refractivity contribution in [3.05, 3.63) is 40.2 Å². The summed E-state index contributed by atoms with van der Waals surface area (Å²) in [6.45, 7) is 4.37. The van der Waals surface area contributed by atoms with Crippen molar-refractivity contribution in [3.8, 4) is 0 Å². The molecule has 0 radical (unpaired) electrons. The molecule has 0 atom stereocenters. The van der Waals surface area contributed by atoms with Gasteiger partial charge in [-0.15, -0.1) is 10.2 Å². The molecule has 0 bridgehead atoms. The number of carbonyl (C=O) groups excluding carboxylic acids is 1. The molecule has 0 saturated heterocycles. The Morgan fingerprint density at radius 2 is 2.18 bits per heavy atom. The summed E-state index contributed by atoms with van der Waals surface area (Å²) in [5, 5.41) is 11.8. The Labute approximate surface area is 137 Å². The van der Waals surface area contributed by atoms with Crippen molar-refractivity contribution < 1.29 is 9.18 Å². The molecule has 0 aliphatic carbocycles. The van der Waals surface area contributed by atoms with Crippen LogP contribution in [0.15, 0.2) is 22.5 Å². The van der Waals surface area contributed by atoms with Crippen LogP contribution in [0.1, 0.15) is 22.6 Å². The van der Waals surface area contributed by atoms with E-state index in [1.54, 1.807) is 29.2 Å². The summed E-state index contributed by atoms with van der Waals surface area (Å²) < 4.78 is 14.0. The quantitative estimate of drug-likeness (QED) is 0.622. The minimum atomic E-state index is -0.273. The summed E-state index contributed by atoms with van der Waals surface area (Å²) in [6.07, 6.45) is 1.16. The van der Waals surface area contributed by atoms with Gasteiger partial charge < -0.3 is 5.32 Å². The van der Waals surface area contributed by atoms with Crippen LogP contribution in [0.2, 0.25) is 0 Å². The zero-order valence-electron chi connectivity index (χ0n) is 12.6. The Morgan fingerprint density at radius 1 is 1.36 bits per heavy atom. The fraction of sp³-hybridized carbons (Fsp3) is 0.400. The van der Waals surface area contributed by atoms with Crippen LogP contribution in [-0.2, 0) is 11.2 Å². The number of hydrogen-bond acceptors (Lipinski definition) is 5. The maximum atomic E-state index is 13.0. The number of nitrogens with zero attached hydrogens (tertiary/aromatic N) is 2. The highest BCUT2D eigenvalue weighted by Crippen LogP contribution is 2.22. The summed E-state index contributed by atoms with van der Waals surface area (Å²) in [6, 6.07) is 4.50. The van der Waals surface area contributed by atoms with Crippen LogP contribution in [0, 0.1) is 19.7 Å². The molecule has 0 aliphatic rings. The molecule has 0 fully saturated rings. The molecule has 1 aromatic heterocycles. The van der Waals surface area contributed by atoms with Crippen molar-refractivity contribution >= 4 is 29.0 Å². The second kappa shape index (κ2) is 8.24. The fourth-order valence-electron chi connectivity index (χ4n) is 1.89. The third-order valence-corrected chi connectivity index (χ3v) is 5.09. The molecule has 22 heavy (non-hydrogen) atoms. The largest absolute Gasteiger partial charge is 0.356 e. The third-order valence-electron chi connectivity index (χ3n) is 3.03. The molecule has 118 valence electrons. The summed E-state index contributed by atoms with van der Waals surface area (Å²) in [5.41, 5.74) is 1.66. The first-order chi connectivity index (χ1) is 10.5. The van der Waals surface area contributed by atoms with Gasteiger partial charge in [0.1, 0.15) is 10.8 Å². The van der Waals surface area contributed by atoms with E-state index < -0.39 is 0 Å². The Bertz CT molecular complexity index is 645. The van der Waals surface area contributed by atoms with Gasteiger partial charge in [0.15, 0.2) is 4.34 Å². The lowest BCUT2D eigenvalue weighted by Gasteiger charge is -2.07. The molecule has 1 amide bonds. The Kier molecular flexibility index (Phi) is 6.33. The predicted molar refractivity (Wildman–Crippen MR) is 87.8 cm³/mol. The van der Waals surface area contributed by atoms with Gasteiger partial charge in [-0.2, -0.15) is 0 Å². The van der Waals surface area contributed by atoms with Crippen molar-refractivity contribution in [1.82, 2.24) is 15.5 Å². The van der Waals surface area contributed by atoms with E-state index in [-0.39, 0.29) is 18.1 Å². The molecule has 1 aromatic carbocycles. The van der Waals surface area contributed by atoms with Crippen LogP contribution in [0.4, 0.5) is 4.39 Å². The molecule has 2 rings (SSSR count). The molecule has 0 aliphatic heterocycles. The molecule has 0 unspecified atom stereocenters. The summed E-state index contributed by atoms with van der Waals surface area (Å²) in [7, 11) is 0. The highest BCUT2D eigenvalue weighted by atomic mass is 32.2. The van der Waals surface area contributed by atoms with Crippen molar-refractivity contribution in [1.29, 1.82) is 0 Å². The smallest absolute Gasteiger partial charge is 0.224 e. The van der Waals surface area contributed by atoms with Crippen molar-refractivity contribution in [2.75, 3.05) is 12.3 Å². The number of halogens is 1. The average Bonchev–Trinajstić information content (AvgIpc) is 2.87. The zero-order chi connectivity index (χ0) is 15.9. The van der Waals surface area contributed by atoms with Crippen LogP contribution in [0.3, 0.4) is 0 Å². The number of aromatic nitrogens is 2. The fourth-order valence-corrected chi connectivity index (χ4v) is 3.71. The second-order valence-electron chi connectivity index (χ2n) is 4.89. The first-order valence-electron chi connectivity index (χ1n) is 6.99. The van der Waals surface area contributed by atoms with Gasteiger partial charge in [-0.05, 0) is 43.5 Å². The lowest BCUT2D eigenvalue weighted by atomic mass is 10.1.